The maximum absolute atomic E-state index is 12.5. The minimum atomic E-state index is -0.632. The molecular formula is C19H23N3O6. The van der Waals surface area contributed by atoms with E-state index in [4.69, 9.17) is 18.4 Å². The van der Waals surface area contributed by atoms with E-state index < -0.39 is 11.5 Å². The van der Waals surface area contributed by atoms with E-state index in [1.165, 1.54) is 0 Å². The predicted molar refractivity (Wildman–Crippen MR) is 95.9 cm³/mol. The number of nitrogens with zero attached hydrogens (tertiary/aromatic N) is 2. The molecule has 1 amide bonds. The van der Waals surface area contributed by atoms with Crippen molar-refractivity contribution in [3.8, 4) is 0 Å². The van der Waals surface area contributed by atoms with Gasteiger partial charge in [-0.1, -0.05) is 5.16 Å². The van der Waals surface area contributed by atoms with E-state index in [1.807, 2.05) is 0 Å². The number of rotatable bonds is 5. The van der Waals surface area contributed by atoms with Gasteiger partial charge in [0.2, 0.25) is 0 Å². The highest BCUT2D eigenvalue weighted by atomic mass is 16.5. The van der Waals surface area contributed by atoms with Gasteiger partial charge in [-0.05, 0) is 44.2 Å². The van der Waals surface area contributed by atoms with Gasteiger partial charge in [0.05, 0.1) is 6.54 Å². The summed E-state index contributed by atoms with van der Waals surface area (Å²) in [7, 11) is 0. The average Bonchev–Trinajstić information content (AvgIpc) is 3.38. The Hall–Kier alpha value is -2.52. The van der Waals surface area contributed by atoms with Crippen LogP contribution in [0.1, 0.15) is 71.1 Å². The lowest BCUT2D eigenvalue weighted by Gasteiger charge is -2.21. The Morgan fingerprint density at radius 2 is 2.07 bits per heavy atom. The first-order valence-corrected chi connectivity index (χ1v) is 9.56. The largest absolute Gasteiger partial charge is 0.427 e. The number of carbonyl (C=O) groups excluding carboxylic acids is 1. The molecule has 0 bridgehead atoms. The zero-order chi connectivity index (χ0) is 19.5. The van der Waals surface area contributed by atoms with Gasteiger partial charge >= 0.3 is 5.63 Å². The van der Waals surface area contributed by atoms with Gasteiger partial charge in [0.25, 0.3) is 11.8 Å². The van der Waals surface area contributed by atoms with Crippen molar-refractivity contribution in [2.24, 2.45) is 0 Å². The van der Waals surface area contributed by atoms with Crippen LogP contribution < -0.4 is 10.9 Å². The number of aromatic nitrogens is 2. The summed E-state index contributed by atoms with van der Waals surface area (Å²) in [5.74, 6) is 0.987. The zero-order valence-corrected chi connectivity index (χ0v) is 15.7. The average molecular weight is 389 g/mol. The summed E-state index contributed by atoms with van der Waals surface area (Å²) in [5.41, 5.74) is -0.0470. The van der Waals surface area contributed by atoms with Gasteiger partial charge in [-0.3, -0.25) is 4.79 Å². The third-order valence-corrected chi connectivity index (χ3v) is 5.11. The zero-order valence-electron chi connectivity index (χ0n) is 15.7. The molecule has 2 aliphatic heterocycles. The molecule has 2 aliphatic rings. The molecule has 4 heterocycles. The van der Waals surface area contributed by atoms with Gasteiger partial charge in [0.15, 0.2) is 5.82 Å². The SMILES string of the molecule is Cc1cc(C2CCOCC2)oc(=O)c1C(=O)NCc1noc(C2CCCO2)n1. The summed E-state index contributed by atoms with van der Waals surface area (Å²) < 4.78 is 21.5. The van der Waals surface area contributed by atoms with Crippen LogP contribution in [0.3, 0.4) is 0 Å². The number of hydrogen-bond donors (Lipinski definition) is 1. The van der Waals surface area contributed by atoms with Crippen molar-refractivity contribution < 1.29 is 23.2 Å². The standard InChI is InChI=1S/C19H23N3O6/c1-11-9-14(12-4-7-25-8-5-12)27-19(24)16(11)17(23)20-10-15-21-18(28-22-15)13-3-2-6-26-13/h9,12-13H,2-8,10H2,1H3,(H,20,23). The molecule has 0 aromatic carbocycles. The second kappa shape index (κ2) is 8.24. The molecule has 4 rings (SSSR count). The van der Waals surface area contributed by atoms with Crippen molar-refractivity contribution in [1.29, 1.82) is 0 Å². The van der Waals surface area contributed by atoms with Crippen LogP contribution in [-0.4, -0.2) is 35.9 Å². The Kier molecular flexibility index (Phi) is 5.54. The molecule has 0 spiro atoms. The van der Waals surface area contributed by atoms with Crippen molar-refractivity contribution in [1.82, 2.24) is 15.5 Å². The number of hydrogen-bond acceptors (Lipinski definition) is 8. The summed E-state index contributed by atoms with van der Waals surface area (Å²) in [6.45, 7) is 3.76. The van der Waals surface area contributed by atoms with Crippen molar-refractivity contribution in [3.05, 3.63) is 45.1 Å². The Labute approximate surface area is 161 Å². The van der Waals surface area contributed by atoms with E-state index in [0.717, 1.165) is 25.7 Å². The molecule has 0 radical (unpaired) electrons. The van der Waals surface area contributed by atoms with E-state index in [0.29, 0.717) is 42.9 Å². The van der Waals surface area contributed by atoms with E-state index in [1.54, 1.807) is 13.0 Å². The molecule has 2 aromatic heterocycles. The maximum Gasteiger partial charge on any atom is 0.349 e. The van der Waals surface area contributed by atoms with Crippen molar-refractivity contribution >= 4 is 5.91 Å². The number of amides is 1. The van der Waals surface area contributed by atoms with Crippen LogP contribution in [-0.2, 0) is 16.0 Å². The van der Waals surface area contributed by atoms with Gasteiger partial charge in [-0.2, -0.15) is 4.98 Å². The van der Waals surface area contributed by atoms with Gasteiger partial charge in [0.1, 0.15) is 17.4 Å². The fourth-order valence-corrected chi connectivity index (χ4v) is 3.58. The minimum Gasteiger partial charge on any atom is -0.427 e. The lowest BCUT2D eigenvalue weighted by atomic mass is 9.95. The molecule has 2 saturated heterocycles. The van der Waals surface area contributed by atoms with Crippen LogP contribution in [0.2, 0.25) is 0 Å². The lowest BCUT2D eigenvalue weighted by Crippen LogP contribution is -2.30. The number of nitrogens with one attached hydrogen (secondary N) is 1. The second-order valence-corrected chi connectivity index (χ2v) is 7.11. The van der Waals surface area contributed by atoms with E-state index >= 15 is 0 Å². The summed E-state index contributed by atoms with van der Waals surface area (Å²) in [5, 5.41) is 6.51. The maximum atomic E-state index is 12.5. The van der Waals surface area contributed by atoms with Crippen LogP contribution in [0.4, 0.5) is 0 Å². The topological polar surface area (TPSA) is 117 Å². The smallest absolute Gasteiger partial charge is 0.349 e. The molecule has 28 heavy (non-hydrogen) atoms. The fourth-order valence-electron chi connectivity index (χ4n) is 3.58. The van der Waals surface area contributed by atoms with E-state index in [2.05, 4.69) is 15.5 Å². The summed E-state index contributed by atoms with van der Waals surface area (Å²) in [4.78, 5) is 29.2. The minimum absolute atomic E-state index is 0.00125. The molecule has 1 atom stereocenters. The molecule has 2 fully saturated rings. The molecule has 9 heteroatoms. The molecule has 0 aliphatic carbocycles. The normalized spacial score (nSPS) is 20.4. The first kappa shape index (κ1) is 18.8. The molecule has 2 aromatic rings. The van der Waals surface area contributed by atoms with Gasteiger partial charge < -0.3 is 23.7 Å². The summed E-state index contributed by atoms with van der Waals surface area (Å²) in [6, 6.07) is 1.77. The summed E-state index contributed by atoms with van der Waals surface area (Å²) in [6.07, 6.45) is 3.23. The molecule has 1 N–H and O–H groups in total. The first-order chi connectivity index (χ1) is 13.6. The third-order valence-electron chi connectivity index (χ3n) is 5.11. The van der Waals surface area contributed by atoms with Crippen LogP contribution in [0, 0.1) is 6.92 Å². The first-order valence-electron chi connectivity index (χ1n) is 9.56. The lowest BCUT2D eigenvalue weighted by molar-refractivity contribution is 0.0795. The number of carbonyl (C=O) groups is 1. The molecule has 9 nitrogen and oxygen atoms in total. The van der Waals surface area contributed by atoms with Crippen LogP contribution >= 0.6 is 0 Å². The van der Waals surface area contributed by atoms with Crippen LogP contribution in [0.25, 0.3) is 0 Å². The Balaban J connectivity index is 1.42. The predicted octanol–water partition coefficient (Wildman–Crippen LogP) is 2.01. The Bertz CT molecular complexity index is 893. The highest BCUT2D eigenvalue weighted by molar-refractivity contribution is 5.95. The number of ether oxygens (including phenoxy) is 2. The molecule has 1 unspecified atom stereocenters. The second-order valence-electron chi connectivity index (χ2n) is 7.11. The molecule has 0 saturated carbocycles. The highest BCUT2D eigenvalue weighted by Crippen LogP contribution is 2.28. The van der Waals surface area contributed by atoms with Crippen molar-refractivity contribution in [2.75, 3.05) is 19.8 Å². The Morgan fingerprint density at radius 1 is 1.25 bits per heavy atom. The third kappa shape index (κ3) is 4.00. The van der Waals surface area contributed by atoms with Gasteiger partial charge in [-0.25, -0.2) is 4.79 Å². The van der Waals surface area contributed by atoms with Gasteiger partial charge in [0, 0.05) is 25.7 Å². The van der Waals surface area contributed by atoms with Gasteiger partial charge in [-0.15, -0.1) is 0 Å². The molecule has 150 valence electrons. The monoisotopic (exact) mass is 389 g/mol. The quantitative estimate of drug-likeness (QED) is 0.825. The summed E-state index contributed by atoms with van der Waals surface area (Å²) >= 11 is 0. The Morgan fingerprint density at radius 3 is 2.79 bits per heavy atom. The van der Waals surface area contributed by atoms with Crippen LogP contribution in [0.15, 0.2) is 19.8 Å². The molecular weight excluding hydrogens is 366 g/mol. The highest BCUT2D eigenvalue weighted by Gasteiger charge is 2.25. The van der Waals surface area contributed by atoms with E-state index in [9.17, 15) is 9.59 Å². The fraction of sp³-hybridized carbons (Fsp3) is 0.579. The number of aryl methyl sites for hydroxylation is 1. The van der Waals surface area contributed by atoms with Crippen LogP contribution in [0.5, 0.6) is 0 Å². The van der Waals surface area contributed by atoms with Crippen molar-refractivity contribution in [2.45, 2.75) is 51.2 Å². The van der Waals surface area contributed by atoms with Crippen molar-refractivity contribution in [3.63, 3.8) is 0 Å². The van der Waals surface area contributed by atoms with E-state index in [-0.39, 0.29) is 24.1 Å².